The van der Waals surface area contributed by atoms with Gasteiger partial charge in [-0.05, 0) is 55.7 Å². The number of ketones is 1. The summed E-state index contributed by atoms with van der Waals surface area (Å²) >= 11 is 0. The zero-order valence-electron chi connectivity index (χ0n) is 24.3. The Morgan fingerprint density at radius 1 is 1.22 bits per heavy atom. The molecule has 4 aliphatic rings. The number of esters is 1. The topological polar surface area (TPSA) is 121 Å². The number of aliphatic hydroxyl groups excluding tert-OH is 1. The predicted octanol–water partition coefficient (Wildman–Crippen LogP) is 3.89. The Labute approximate surface area is 240 Å². The van der Waals surface area contributed by atoms with Gasteiger partial charge in [-0.2, -0.15) is 0 Å². The monoisotopic (exact) mass is 560 g/mol. The van der Waals surface area contributed by atoms with E-state index in [0.717, 1.165) is 16.5 Å². The van der Waals surface area contributed by atoms with E-state index in [-0.39, 0.29) is 48.0 Å². The summed E-state index contributed by atoms with van der Waals surface area (Å²) in [5, 5.41) is 15.6. The lowest BCUT2D eigenvalue weighted by Gasteiger charge is -2.46. The molecule has 0 bridgehead atoms. The van der Waals surface area contributed by atoms with Crippen LogP contribution in [-0.2, 0) is 30.3 Å². The summed E-state index contributed by atoms with van der Waals surface area (Å²) in [7, 11) is 1.26. The number of aromatic amines is 1. The number of epoxide rings is 1. The number of Topliss-reactive ketones (excluding diaryl/α,β-unsaturated/α-hetero) is 1. The number of amides is 1. The van der Waals surface area contributed by atoms with Crippen LogP contribution in [0.2, 0.25) is 0 Å². The van der Waals surface area contributed by atoms with E-state index in [4.69, 9.17) is 9.47 Å². The van der Waals surface area contributed by atoms with Gasteiger partial charge in [0.2, 0.25) is 5.91 Å². The molecular formula is C33H40N2O6. The molecule has 2 saturated heterocycles. The van der Waals surface area contributed by atoms with Gasteiger partial charge in [-0.3, -0.25) is 14.4 Å². The average molecular weight is 561 g/mol. The third kappa shape index (κ3) is 4.13. The molecule has 1 spiro atoms. The minimum absolute atomic E-state index is 0.0853. The number of nitrogens with one attached hydrogen (secondary N) is 2. The molecule has 8 heteroatoms. The van der Waals surface area contributed by atoms with E-state index in [9.17, 15) is 19.5 Å². The Kier molecular flexibility index (Phi) is 6.77. The maximum absolute atomic E-state index is 14.7. The highest BCUT2D eigenvalue weighted by molar-refractivity contribution is 6.10. The van der Waals surface area contributed by atoms with Gasteiger partial charge in [0.15, 0.2) is 0 Å². The number of methoxy groups -OCH3 is 1. The van der Waals surface area contributed by atoms with E-state index in [0.29, 0.717) is 18.4 Å². The second kappa shape index (κ2) is 9.95. The third-order valence-corrected chi connectivity index (χ3v) is 10.6. The van der Waals surface area contributed by atoms with Crippen molar-refractivity contribution >= 4 is 28.6 Å². The number of rotatable bonds is 3. The quantitative estimate of drug-likeness (QED) is 0.227. The number of hydrogen-bond acceptors (Lipinski definition) is 6. The number of H-pyrrole nitrogens is 1. The number of aliphatic hydroxyl groups is 1. The molecule has 0 radical (unpaired) electrons. The van der Waals surface area contributed by atoms with Crippen LogP contribution in [0.25, 0.3) is 10.9 Å². The number of allylic oxidation sites excluding steroid dienone is 2. The van der Waals surface area contributed by atoms with Crippen molar-refractivity contribution in [1.82, 2.24) is 10.3 Å². The second-order valence-corrected chi connectivity index (χ2v) is 12.8. The van der Waals surface area contributed by atoms with Crippen molar-refractivity contribution in [2.24, 2.45) is 35.0 Å². The first-order valence-electron chi connectivity index (χ1n) is 14.7. The SMILES string of the molecule is COC(=O)[C@@H]1CC(=O)[C@@]23C(=O)N[C@@H](Cc4c[nH]c5ccccc45)[C@@H]2[C@H](C)[C@@]2(C)O[C@H]2[C@@H]3/C=C/C[C@H](C)/C=C(\C)[C@H]1O. The Morgan fingerprint density at radius 2 is 1.98 bits per heavy atom. The second-order valence-electron chi connectivity index (χ2n) is 12.8. The van der Waals surface area contributed by atoms with Crippen molar-refractivity contribution in [3.05, 3.63) is 59.8 Å². The number of carbonyl (C=O) groups excluding carboxylic acids is 3. The molecule has 1 aromatic carbocycles. The van der Waals surface area contributed by atoms with Crippen molar-refractivity contribution in [2.45, 2.75) is 70.8 Å². The largest absolute Gasteiger partial charge is 0.469 e. The molecule has 3 heterocycles. The van der Waals surface area contributed by atoms with Crippen LogP contribution in [0.5, 0.6) is 0 Å². The summed E-state index contributed by atoms with van der Waals surface area (Å²) in [5.74, 6) is -3.30. The standard InChI is InChI=1S/C33H40N2O6/c1-17-9-8-11-23-29-32(4,41-29)19(3)27-25(14-20-16-34-24-12-7-6-10-21(20)24)35-31(39)33(23,27)26(36)15-22(30(38)40-5)28(37)18(2)13-17/h6-8,10-13,16-17,19,22-23,25,27-29,34,37H,9,14-15H2,1-5H3,(H,35,39)/b11-8+,18-13+/t17-,19-,22+,23-,25-,27-,28+,29-,32+,33+/m0/s1. The van der Waals surface area contributed by atoms with E-state index in [1.807, 2.05) is 43.5 Å². The minimum Gasteiger partial charge on any atom is -0.469 e. The fourth-order valence-electron chi connectivity index (χ4n) is 8.28. The lowest BCUT2D eigenvalue weighted by atomic mass is 9.51. The third-order valence-electron chi connectivity index (χ3n) is 10.6. The van der Waals surface area contributed by atoms with Crippen molar-refractivity contribution in [3.63, 3.8) is 0 Å². The molecule has 2 aliphatic heterocycles. The first-order chi connectivity index (χ1) is 19.5. The lowest BCUT2D eigenvalue weighted by Crippen LogP contribution is -2.59. The van der Waals surface area contributed by atoms with Gasteiger partial charge in [0.1, 0.15) is 11.2 Å². The van der Waals surface area contributed by atoms with E-state index in [2.05, 4.69) is 36.3 Å². The molecule has 10 atom stereocenters. The maximum atomic E-state index is 14.7. The number of ether oxygens (including phenoxy) is 2. The number of fused-ring (bicyclic) bond motifs is 3. The zero-order chi connectivity index (χ0) is 29.3. The highest BCUT2D eigenvalue weighted by atomic mass is 16.6. The van der Waals surface area contributed by atoms with Crippen LogP contribution in [0.3, 0.4) is 0 Å². The summed E-state index contributed by atoms with van der Waals surface area (Å²) in [6.07, 6.45) is 7.43. The molecule has 218 valence electrons. The van der Waals surface area contributed by atoms with Crippen molar-refractivity contribution < 1.29 is 29.0 Å². The van der Waals surface area contributed by atoms with E-state index in [1.54, 1.807) is 6.92 Å². The van der Waals surface area contributed by atoms with Crippen LogP contribution < -0.4 is 5.32 Å². The average Bonchev–Trinajstić information content (AvgIpc) is 3.35. The van der Waals surface area contributed by atoms with Crippen molar-refractivity contribution in [2.75, 3.05) is 7.11 Å². The van der Waals surface area contributed by atoms with Gasteiger partial charge >= 0.3 is 5.97 Å². The number of carbonyl (C=O) groups is 3. The Bertz CT molecular complexity index is 1460. The Balaban J connectivity index is 1.48. The lowest BCUT2D eigenvalue weighted by molar-refractivity contribution is -0.156. The summed E-state index contributed by atoms with van der Waals surface area (Å²) in [6, 6.07) is 7.74. The van der Waals surface area contributed by atoms with Crippen LogP contribution >= 0.6 is 0 Å². The molecule has 6 rings (SSSR count). The molecule has 3 N–H and O–H groups in total. The van der Waals surface area contributed by atoms with E-state index < -0.39 is 34.9 Å². The molecule has 41 heavy (non-hydrogen) atoms. The van der Waals surface area contributed by atoms with Crippen LogP contribution in [0, 0.1) is 35.0 Å². The van der Waals surface area contributed by atoms with Gasteiger partial charge in [0.05, 0.1) is 30.8 Å². The molecule has 3 fully saturated rings. The van der Waals surface area contributed by atoms with Crippen LogP contribution in [0.1, 0.15) is 46.1 Å². The van der Waals surface area contributed by atoms with Gasteiger partial charge in [-0.25, -0.2) is 0 Å². The van der Waals surface area contributed by atoms with Gasteiger partial charge < -0.3 is 24.9 Å². The van der Waals surface area contributed by atoms with Gasteiger partial charge in [0.25, 0.3) is 0 Å². The number of hydrogen-bond donors (Lipinski definition) is 3. The van der Waals surface area contributed by atoms with Crippen molar-refractivity contribution in [1.29, 1.82) is 0 Å². The molecule has 1 aromatic heterocycles. The smallest absolute Gasteiger partial charge is 0.312 e. The summed E-state index contributed by atoms with van der Waals surface area (Å²) in [6.45, 7) is 7.98. The summed E-state index contributed by atoms with van der Waals surface area (Å²) in [4.78, 5) is 45.4. The minimum atomic E-state index is -1.43. The molecule has 2 aromatic rings. The van der Waals surface area contributed by atoms with Crippen LogP contribution in [0.4, 0.5) is 0 Å². The molecule has 1 saturated carbocycles. The van der Waals surface area contributed by atoms with Gasteiger partial charge in [0, 0.05) is 41.4 Å². The highest BCUT2D eigenvalue weighted by Gasteiger charge is 2.78. The van der Waals surface area contributed by atoms with Crippen LogP contribution in [0.15, 0.2) is 54.3 Å². The van der Waals surface area contributed by atoms with Crippen LogP contribution in [-0.4, -0.2) is 58.7 Å². The molecule has 8 nitrogen and oxygen atoms in total. The predicted molar refractivity (Wildman–Crippen MR) is 154 cm³/mol. The highest BCUT2D eigenvalue weighted by Crippen LogP contribution is 2.66. The zero-order valence-corrected chi connectivity index (χ0v) is 24.3. The Morgan fingerprint density at radius 3 is 2.73 bits per heavy atom. The van der Waals surface area contributed by atoms with Crippen molar-refractivity contribution in [3.8, 4) is 0 Å². The number of aromatic nitrogens is 1. The van der Waals surface area contributed by atoms with E-state index in [1.165, 1.54) is 7.11 Å². The fraction of sp³-hybridized carbons (Fsp3) is 0.545. The molecule has 1 amide bonds. The van der Waals surface area contributed by atoms with Gasteiger partial charge in [-0.1, -0.05) is 50.3 Å². The number of benzene rings is 1. The normalized spacial score (nSPS) is 42.4. The fourth-order valence-corrected chi connectivity index (χ4v) is 8.28. The van der Waals surface area contributed by atoms with Gasteiger partial charge in [-0.15, -0.1) is 0 Å². The molecular weight excluding hydrogens is 520 g/mol. The summed E-state index contributed by atoms with van der Waals surface area (Å²) < 4.78 is 11.4. The maximum Gasteiger partial charge on any atom is 0.312 e. The first kappa shape index (κ1) is 27.9. The number of para-hydroxylation sites is 1. The van der Waals surface area contributed by atoms with E-state index >= 15 is 0 Å². The molecule has 0 unspecified atom stereocenters. The first-order valence-corrected chi connectivity index (χ1v) is 14.7. The summed E-state index contributed by atoms with van der Waals surface area (Å²) in [5.41, 5.74) is 0.813. The molecule has 2 aliphatic carbocycles. The Hall–Kier alpha value is -3.23.